The summed E-state index contributed by atoms with van der Waals surface area (Å²) < 4.78 is 0. The third-order valence-electron chi connectivity index (χ3n) is 11.9. The number of nitrogens with zero attached hydrogens (tertiary/aromatic N) is 1. The van der Waals surface area contributed by atoms with Crippen LogP contribution in [0.25, 0.3) is 98.4 Å². The Morgan fingerprint density at radius 3 is 1.83 bits per heavy atom. The molecule has 248 valence electrons. The van der Waals surface area contributed by atoms with Gasteiger partial charge in [-0.1, -0.05) is 147 Å². The van der Waals surface area contributed by atoms with E-state index < -0.39 is 0 Å². The maximum absolute atomic E-state index is 4.67. The molecule has 0 unspecified atom stereocenters. The molecule has 11 rings (SSSR count). The Hall–Kier alpha value is -6.57. The molecule has 0 saturated carbocycles. The summed E-state index contributed by atoms with van der Waals surface area (Å²) in [5.74, 6) is 0. The average Bonchev–Trinajstić information content (AvgIpc) is 3.44. The van der Waals surface area contributed by atoms with Crippen LogP contribution in [0.5, 0.6) is 0 Å². The molecule has 0 radical (unpaired) electrons. The van der Waals surface area contributed by atoms with E-state index in [1.165, 1.54) is 109 Å². The van der Waals surface area contributed by atoms with Gasteiger partial charge in [-0.05, 0) is 129 Å². The number of benzene rings is 9. The molecule has 1 heteroatoms. The lowest BCUT2D eigenvalue weighted by Gasteiger charge is -2.23. The first kappa shape index (κ1) is 30.1. The number of hydrogen-bond acceptors (Lipinski definition) is 1. The van der Waals surface area contributed by atoms with Crippen molar-refractivity contribution in [1.29, 1.82) is 0 Å². The molecule has 0 saturated heterocycles. The molecule has 0 spiro atoms. The molecule has 1 heterocycles. The number of rotatable bonds is 3. The first-order valence-electron chi connectivity index (χ1n) is 18.5. The van der Waals surface area contributed by atoms with Crippen LogP contribution in [0, 0.1) is 0 Å². The fraction of sp³-hybridized carbons (Fsp3) is 0.0577. The minimum atomic E-state index is -0.0986. The highest BCUT2D eigenvalue weighted by Crippen LogP contribution is 2.52. The van der Waals surface area contributed by atoms with E-state index in [0.717, 1.165) is 0 Å². The van der Waals surface area contributed by atoms with Crippen LogP contribution in [-0.2, 0) is 5.41 Å². The number of fused-ring (bicyclic) bond motifs is 8. The van der Waals surface area contributed by atoms with Gasteiger partial charge in [0, 0.05) is 28.8 Å². The van der Waals surface area contributed by atoms with E-state index >= 15 is 0 Å². The third-order valence-corrected chi connectivity index (χ3v) is 11.9. The van der Waals surface area contributed by atoms with Crippen LogP contribution < -0.4 is 0 Å². The van der Waals surface area contributed by atoms with Crippen LogP contribution in [0.2, 0.25) is 0 Å². The highest BCUT2D eigenvalue weighted by atomic mass is 14.6. The molecule has 9 aromatic carbocycles. The molecular weight excluding hydrogens is 639 g/mol. The Morgan fingerprint density at radius 1 is 0.358 bits per heavy atom. The summed E-state index contributed by atoms with van der Waals surface area (Å²) in [5.41, 5.74) is 12.8. The largest absolute Gasteiger partial charge is 0.264 e. The molecule has 10 aromatic rings. The molecule has 0 aliphatic heterocycles. The second-order valence-corrected chi connectivity index (χ2v) is 15.1. The van der Waals surface area contributed by atoms with Crippen LogP contribution in [0.1, 0.15) is 25.0 Å². The minimum Gasteiger partial charge on any atom is -0.264 e. The number of aromatic nitrogens is 1. The molecule has 1 aliphatic rings. The Kier molecular flexibility index (Phi) is 6.37. The van der Waals surface area contributed by atoms with Crippen molar-refractivity contribution in [2.75, 3.05) is 0 Å². The predicted molar refractivity (Wildman–Crippen MR) is 226 cm³/mol. The predicted octanol–water partition coefficient (Wildman–Crippen LogP) is 14.2. The average molecular weight is 674 g/mol. The van der Waals surface area contributed by atoms with Crippen LogP contribution >= 0.6 is 0 Å². The summed E-state index contributed by atoms with van der Waals surface area (Å²) in [4.78, 5) is 4.67. The standard InChI is InChI=1S/C52H35N/c1-52(2)47-18-10-9-15-40(47)41-23-22-38(30-48(41)52)49-42-16-7-8-17-43(42)51(50-39-14-6-5-13-36(39)28-37-25-26-53-31-46(37)50)44-24-21-35(29-45(44)49)34-20-19-32-11-3-4-12-33(32)27-34/h3-31H,1-2H3. The lowest BCUT2D eigenvalue weighted by atomic mass is 9.79. The molecule has 0 atom stereocenters. The van der Waals surface area contributed by atoms with E-state index in [0.29, 0.717) is 0 Å². The van der Waals surface area contributed by atoms with Crippen molar-refractivity contribution in [1.82, 2.24) is 4.98 Å². The van der Waals surface area contributed by atoms with Crippen molar-refractivity contribution in [3.05, 3.63) is 187 Å². The topological polar surface area (TPSA) is 12.9 Å². The first-order valence-corrected chi connectivity index (χ1v) is 18.5. The second kappa shape index (κ2) is 11.2. The van der Waals surface area contributed by atoms with Crippen molar-refractivity contribution in [2.45, 2.75) is 19.3 Å². The second-order valence-electron chi connectivity index (χ2n) is 15.1. The van der Waals surface area contributed by atoms with Crippen molar-refractivity contribution >= 4 is 53.9 Å². The molecule has 1 aromatic heterocycles. The Balaban J connectivity index is 1.28. The van der Waals surface area contributed by atoms with Crippen molar-refractivity contribution in [3.63, 3.8) is 0 Å². The summed E-state index contributed by atoms with van der Waals surface area (Å²) in [7, 11) is 0. The van der Waals surface area contributed by atoms with Gasteiger partial charge in [-0.2, -0.15) is 0 Å². The van der Waals surface area contributed by atoms with Gasteiger partial charge in [0.25, 0.3) is 0 Å². The van der Waals surface area contributed by atoms with Crippen LogP contribution in [0.15, 0.2) is 176 Å². The summed E-state index contributed by atoms with van der Waals surface area (Å²) in [6.07, 6.45) is 3.96. The van der Waals surface area contributed by atoms with Crippen molar-refractivity contribution in [2.24, 2.45) is 0 Å². The van der Waals surface area contributed by atoms with Crippen molar-refractivity contribution in [3.8, 4) is 44.5 Å². The number of pyridine rings is 1. The molecular formula is C52H35N. The summed E-state index contributed by atoms with van der Waals surface area (Å²) in [6, 6.07) is 61.1. The number of hydrogen-bond donors (Lipinski definition) is 0. The molecule has 53 heavy (non-hydrogen) atoms. The maximum atomic E-state index is 4.67. The van der Waals surface area contributed by atoms with E-state index in [1.807, 2.05) is 6.20 Å². The van der Waals surface area contributed by atoms with Crippen LogP contribution in [-0.4, -0.2) is 4.98 Å². The molecule has 1 aliphatic carbocycles. The Bertz CT molecular complexity index is 3090. The van der Waals surface area contributed by atoms with Gasteiger partial charge >= 0.3 is 0 Å². The molecule has 0 fully saturated rings. The third kappa shape index (κ3) is 4.41. The fourth-order valence-electron chi connectivity index (χ4n) is 9.34. The highest BCUT2D eigenvalue weighted by molar-refractivity contribution is 6.27. The van der Waals surface area contributed by atoms with E-state index in [1.54, 1.807) is 0 Å². The van der Waals surface area contributed by atoms with Gasteiger partial charge in [0.05, 0.1) is 0 Å². The minimum absolute atomic E-state index is 0.0986. The van der Waals surface area contributed by atoms with E-state index in [9.17, 15) is 0 Å². The molecule has 0 N–H and O–H groups in total. The lowest BCUT2D eigenvalue weighted by Crippen LogP contribution is -2.14. The summed E-state index contributed by atoms with van der Waals surface area (Å²) in [5, 5.41) is 12.3. The van der Waals surface area contributed by atoms with Gasteiger partial charge in [-0.25, -0.2) is 0 Å². The van der Waals surface area contributed by atoms with E-state index in [2.05, 4.69) is 189 Å². The first-order chi connectivity index (χ1) is 26.0. The summed E-state index contributed by atoms with van der Waals surface area (Å²) >= 11 is 0. The van der Waals surface area contributed by atoms with Crippen LogP contribution in [0.3, 0.4) is 0 Å². The van der Waals surface area contributed by atoms with Gasteiger partial charge in [-0.15, -0.1) is 0 Å². The highest BCUT2D eigenvalue weighted by Gasteiger charge is 2.35. The van der Waals surface area contributed by atoms with Gasteiger partial charge in [-0.3, -0.25) is 4.98 Å². The SMILES string of the molecule is CC1(C)c2ccccc2-c2ccc(-c3c4ccccc4c(-c4c5ccccc5cc5ccncc45)c4ccc(-c5ccc6ccccc6c5)cc34)cc21. The van der Waals surface area contributed by atoms with Crippen molar-refractivity contribution < 1.29 is 0 Å². The smallest absolute Gasteiger partial charge is 0.0352 e. The van der Waals surface area contributed by atoms with E-state index in [-0.39, 0.29) is 5.41 Å². The van der Waals surface area contributed by atoms with Gasteiger partial charge in [0.1, 0.15) is 0 Å². The normalized spacial score (nSPS) is 13.2. The zero-order chi connectivity index (χ0) is 35.3. The Morgan fingerprint density at radius 2 is 0.962 bits per heavy atom. The van der Waals surface area contributed by atoms with Gasteiger partial charge < -0.3 is 0 Å². The zero-order valence-corrected chi connectivity index (χ0v) is 29.7. The Labute approximate surface area is 308 Å². The van der Waals surface area contributed by atoms with Crippen LogP contribution in [0.4, 0.5) is 0 Å². The van der Waals surface area contributed by atoms with Gasteiger partial charge in [0.15, 0.2) is 0 Å². The quantitative estimate of drug-likeness (QED) is 0.170. The fourth-order valence-corrected chi connectivity index (χ4v) is 9.34. The van der Waals surface area contributed by atoms with E-state index in [4.69, 9.17) is 0 Å². The monoisotopic (exact) mass is 673 g/mol. The van der Waals surface area contributed by atoms with Gasteiger partial charge in [0.2, 0.25) is 0 Å². The summed E-state index contributed by atoms with van der Waals surface area (Å²) in [6.45, 7) is 4.75. The lowest BCUT2D eigenvalue weighted by molar-refractivity contribution is 0.660. The molecule has 1 nitrogen and oxygen atoms in total. The molecule has 0 bridgehead atoms. The zero-order valence-electron chi connectivity index (χ0n) is 29.7. The molecule has 0 amide bonds. The maximum Gasteiger partial charge on any atom is 0.0352 e.